The molecular weight excluding hydrogens is 271 g/mol. The Bertz CT molecular complexity index is 671. The Morgan fingerprint density at radius 2 is 2.05 bits per heavy atom. The van der Waals surface area contributed by atoms with Crippen molar-refractivity contribution in [2.24, 2.45) is 0 Å². The zero-order valence-corrected chi connectivity index (χ0v) is 11.9. The van der Waals surface area contributed by atoms with E-state index in [0.29, 0.717) is 11.4 Å². The lowest BCUT2D eigenvalue weighted by Crippen LogP contribution is -2.09. The molecule has 0 saturated carbocycles. The van der Waals surface area contributed by atoms with Crippen LogP contribution in [0, 0.1) is 12.7 Å². The number of rotatable bonds is 4. The molecule has 21 heavy (non-hydrogen) atoms. The van der Waals surface area contributed by atoms with Crippen molar-refractivity contribution < 1.29 is 13.9 Å². The highest BCUT2D eigenvalue weighted by atomic mass is 19.1. The number of benzene rings is 2. The number of hydrogen-bond donors (Lipinski definition) is 2. The predicted octanol–water partition coefficient (Wildman–Crippen LogP) is 3.64. The van der Waals surface area contributed by atoms with Crippen LogP contribution in [0.15, 0.2) is 36.4 Å². The van der Waals surface area contributed by atoms with Crippen molar-refractivity contribution in [3.05, 3.63) is 53.3 Å². The van der Waals surface area contributed by atoms with Gasteiger partial charge in [-0.05, 0) is 43.7 Å². The molecule has 0 aromatic heterocycles. The molecule has 2 aromatic rings. The summed E-state index contributed by atoms with van der Waals surface area (Å²) >= 11 is 0. The first-order valence-electron chi connectivity index (χ1n) is 6.61. The number of carbonyl (C=O) groups is 1. The Hall–Kier alpha value is -2.56. The standard InChI is InChI=1S/C16H17FN2O2/c1-3-21-16(20)11-5-4-6-14(15(11)18)19-13-8-7-10(2)9-12(13)17/h4-9,19H,3,18H2,1-2H3. The molecule has 110 valence electrons. The lowest BCUT2D eigenvalue weighted by molar-refractivity contribution is 0.0527. The zero-order chi connectivity index (χ0) is 15.4. The van der Waals surface area contributed by atoms with Gasteiger partial charge in [0.05, 0.1) is 29.2 Å². The molecule has 2 rings (SSSR count). The lowest BCUT2D eigenvalue weighted by atomic mass is 10.1. The summed E-state index contributed by atoms with van der Waals surface area (Å²) in [5.41, 5.74) is 8.03. The van der Waals surface area contributed by atoms with Crippen LogP contribution in [0.3, 0.4) is 0 Å². The van der Waals surface area contributed by atoms with Crippen LogP contribution in [0.4, 0.5) is 21.5 Å². The summed E-state index contributed by atoms with van der Waals surface area (Å²) in [5.74, 6) is -0.876. The molecule has 0 unspecified atom stereocenters. The normalized spacial score (nSPS) is 10.2. The molecule has 0 aliphatic carbocycles. The highest BCUT2D eigenvalue weighted by Crippen LogP contribution is 2.28. The number of hydrogen-bond acceptors (Lipinski definition) is 4. The van der Waals surface area contributed by atoms with Gasteiger partial charge >= 0.3 is 5.97 Å². The van der Waals surface area contributed by atoms with E-state index in [2.05, 4.69) is 5.32 Å². The summed E-state index contributed by atoms with van der Waals surface area (Å²) < 4.78 is 18.8. The van der Waals surface area contributed by atoms with Gasteiger partial charge in [-0.2, -0.15) is 0 Å². The van der Waals surface area contributed by atoms with Gasteiger partial charge < -0.3 is 15.8 Å². The molecule has 0 spiro atoms. The second-order valence-electron chi connectivity index (χ2n) is 4.60. The largest absolute Gasteiger partial charge is 0.462 e. The van der Waals surface area contributed by atoms with Crippen LogP contribution < -0.4 is 11.1 Å². The lowest BCUT2D eigenvalue weighted by Gasteiger charge is -2.13. The molecule has 0 heterocycles. The quantitative estimate of drug-likeness (QED) is 0.666. The van der Waals surface area contributed by atoms with Crippen LogP contribution >= 0.6 is 0 Å². The second kappa shape index (κ2) is 6.26. The highest BCUT2D eigenvalue weighted by molar-refractivity contribution is 5.98. The van der Waals surface area contributed by atoms with Gasteiger partial charge in [0.1, 0.15) is 5.82 Å². The van der Waals surface area contributed by atoms with Gasteiger partial charge in [0.2, 0.25) is 0 Å². The van der Waals surface area contributed by atoms with Crippen molar-refractivity contribution in [2.45, 2.75) is 13.8 Å². The number of aryl methyl sites for hydroxylation is 1. The molecule has 0 amide bonds. The van der Waals surface area contributed by atoms with Gasteiger partial charge in [-0.3, -0.25) is 0 Å². The minimum absolute atomic E-state index is 0.232. The van der Waals surface area contributed by atoms with Crippen molar-refractivity contribution in [1.29, 1.82) is 0 Å². The van der Waals surface area contributed by atoms with E-state index in [1.54, 1.807) is 37.3 Å². The Balaban J connectivity index is 2.32. The summed E-state index contributed by atoms with van der Waals surface area (Å²) in [6, 6.07) is 9.75. The maximum absolute atomic E-state index is 13.9. The van der Waals surface area contributed by atoms with Crippen LogP contribution in [0.1, 0.15) is 22.8 Å². The molecule has 0 atom stereocenters. The van der Waals surface area contributed by atoms with E-state index in [9.17, 15) is 9.18 Å². The van der Waals surface area contributed by atoms with Gasteiger partial charge in [0.15, 0.2) is 0 Å². The summed E-state index contributed by atoms with van der Waals surface area (Å²) in [4.78, 5) is 11.8. The maximum atomic E-state index is 13.9. The van der Waals surface area contributed by atoms with Crippen molar-refractivity contribution >= 4 is 23.0 Å². The second-order valence-corrected chi connectivity index (χ2v) is 4.60. The number of esters is 1. The number of ether oxygens (including phenoxy) is 1. The Morgan fingerprint density at radius 1 is 1.29 bits per heavy atom. The molecule has 0 saturated heterocycles. The van der Waals surface area contributed by atoms with E-state index in [1.807, 2.05) is 6.92 Å². The minimum Gasteiger partial charge on any atom is -0.462 e. The summed E-state index contributed by atoms with van der Waals surface area (Å²) in [6.07, 6.45) is 0. The fourth-order valence-electron chi connectivity index (χ4n) is 1.93. The van der Waals surface area contributed by atoms with Gasteiger partial charge in [-0.1, -0.05) is 12.1 Å². The third-order valence-corrected chi connectivity index (χ3v) is 3.00. The summed E-state index contributed by atoms with van der Waals surface area (Å²) in [6.45, 7) is 3.79. The molecule has 0 aliphatic rings. The van der Waals surface area contributed by atoms with Gasteiger partial charge in [-0.25, -0.2) is 9.18 Å². The van der Waals surface area contributed by atoms with E-state index in [1.165, 1.54) is 6.07 Å². The predicted molar refractivity (Wildman–Crippen MR) is 81.2 cm³/mol. The molecule has 5 heteroatoms. The monoisotopic (exact) mass is 288 g/mol. The third-order valence-electron chi connectivity index (χ3n) is 3.00. The van der Waals surface area contributed by atoms with Crippen molar-refractivity contribution in [2.75, 3.05) is 17.7 Å². The Labute approximate surface area is 122 Å². The topological polar surface area (TPSA) is 64.3 Å². The molecule has 0 fully saturated rings. The van der Waals surface area contributed by atoms with Crippen LogP contribution in [-0.4, -0.2) is 12.6 Å². The molecule has 0 bridgehead atoms. The number of para-hydroxylation sites is 1. The minimum atomic E-state index is -0.497. The zero-order valence-electron chi connectivity index (χ0n) is 11.9. The van der Waals surface area contributed by atoms with E-state index >= 15 is 0 Å². The van der Waals surface area contributed by atoms with Crippen LogP contribution in [0.2, 0.25) is 0 Å². The fourth-order valence-corrected chi connectivity index (χ4v) is 1.93. The van der Waals surface area contributed by atoms with Gasteiger partial charge in [0, 0.05) is 0 Å². The summed E-state index contributed by atoms with van der Waals surface area (Å²) in [5, 5.41) is 2.90. The van der Waals surface area contributed by atoms with Crippen molar-refractivity contribution in [3.8, 4) is 0 Å². The average Bonchev–Trinajstić information content (AvgIpc) is 2.44. The van der Waals surface area contributed by atoms with Crippen LogP contribution in [0.25, 0.3) is 0 Å². The average molecular weight is 288 g/mol. The maximum Gasteiger partial charge on any atom is 0.340 e. The third kappa shape index (κ3) is 3.31. The Morgan fingerprint density at radius 3 is 2.71 bits per heavy atom. The first-order valence-corrected chi connectivity index (χ1v) is 6.61. The first kappa shape index (κ1) is 14.8. The molecule has 4 nitrogen and oxygen atoms in total. The fraction of sp³-hybridized carbons (Fsp3) is 0.188. The molecular formula is C16H17FN2O2. The van der Waals surface area contributed by atoms with E-state index in [0.717, 1.165) is 5.56 Å². The molecule has 0 aliphatic heterocycles. The Kier molecular flexibility index (Phi) is 4.42. The van der Waals surface area contributed by atoms with E-state index in [-0.39, 0.29) is 23.7 Å². The number of nitrogens with two attached hydrogens (primary N) is 1. The van der Waals surface area contributed by atoms with Crippen LogP contribution in [-0.2, 0) is 4.74 Å². The number of carbonyl (C=O) groups excluding carboxylic acids is 1. The molecule has 2 aromatic carbocycles. The number of anilines is 3. The van der Waals surface area contributed by atoms with Crippen LogP contribution in [0.5, 0.6) is 0 Å². The number of halogens is 1. The van der Waals surface area contributed by atoms with Crippen molar-refractivity contribution in [1.82, 2.24) is 0 Å². The molecule has 0 radical (unpaired) electrons. The molecule has 3 N–H and O–H groups in total. The van der Waals surface area contributed by atoms with E-state index in [4.69, 9.17) is 10.5 Å². The number of nitrogen functional groups attached to an aromatic ring is 1. The van der Waals surface area contributed by atoms with Crippen molar-refractivity contribution in [3.63, 3.8) is 0 Å². The van der Waals surface area contributed by atoms with E-state index < -0.39 is 5.97 Å². The SMILES string of the molecule is CCOC(=O)c1cccc(Nc2ccc(C)cc2F)c1N. The van der Waals surface area contributed by atoms with Gasteiger partial charge in [-0.15, -0.1) is 0 Å². The smallest absolute Gasteiger partial charge is 0.340 e. The summed E-state index contributed by atoms with van der Waals surface area (Å²) in [7, 11) is 0. The van der Waals surface area contributed by atoms with Gasteiger partial charge in [0.25, 0.3) is 0 Å². The first-order chi connectivity index (χ1) is 10.0. The highest BCUT2D eigenvalue weighted by Gasteiger charge is 2.14. The number of nitrogens with one attached hydrogen (secondary N) is 1.